The third kappa shape index (κ3) is 2.41. The number of nitro groups is 1. The fraction of sp³-hybridized carbons (Fsp3) is 0.200. The second kappa shape index (κ2) is 4.92. The number of non-ortho nitro benzene ring substituents is 1. The highest BCUT2D eigenvalue weighted by atomic mass is 32.2. The van der Waals surface area contributed by atoms with Gasteiger partial charge in [0.2, 0.25) is 0 Å². The fourth-order valence-corrected chi connectivity index (χ4v) is 2.17. The molecule has 1 N–H and O–H groups in total. The van der Waals surface area contributed by atoms with Gasteiger partial charge in [0.1, 0.15) is 0 Å². The quantitative estimate of drug-likeness (QED) is 0.532. The number of hydrogen-bond donors (Lipinski definition) is 1. The molecule has 0 aliphatic heterocycles. The summed E-state index contributed by atoms with van der Waals surface area (Å²) in [6.45, 7) is 0. The maximum atomic E-state index is 12.6. The molecule has 0 spiro atoms. The second-order valence-corrected chi connectivity index (χ2v) is 4.40. The molecular weight excluding hydrogens is 280 g/mol. The number of rotatable bonds is 3. The van der Waals surface area contributed by atoms with Crippen LogP contribution in [0.25, 0.3) is 10.9 Å². The van der Waals surface area contributed by atoms with Crippen LogP contribution in [-0.4, -0.2) is 21.1 Å². The summed E-state index contributed by atoms with van der Waals surface area (Å²) in [6, 6.07) is 2.23. The van der Waals surface area contributed by atoms with Gasteiger partial charge in [-0.3, -0.25) is 14.9 Å². The van der Waals surface area contributed by atoms with E-state index in [1.807, 2.05) is 4.98 Å². The van der Waals surface area contributed by atoms with E-state index in [9.17, 15) is 23.7 Å². The first-order valence-electron chi connectivity index (χ1n) is 4.98. The second-order valence-electron chi connectivity index (χ2n) is 3.55. The Labute approximate surface area is 109 Å². The van der Waals surface area contributed by atoms with Crippen molar-refractivity contribution in [3.8, 4) is 0 Å². The molecule has 0 unspecified atom stereocenters. The summed E-state index contributed by atoms with van der Waals surface area (Å²) >= 11 is 1.09. The zero-order valence-electron chi connectivity index (χ0n) is 9.52. The monoisotopic (exact) mass is 287 g/mol. The molecular formula is C10H7F2N3O3S. The number of H-pyrrole nitrogens is 1. The zero-order valence-corrected chi connectivity index (χ0v) is 10.3. The minimum absolute atomic E-state index is 0.0390. The SMILES string of the molecule is CSc1cc([N+](=O)[O-])cc2c(=O)[nH]c(C(F)F)nc12. The number of nitrogens with zero attached hydrogens (tertiary/aromatic N) is 2. The lowest BCUT2D eigenvalue weighted by Crippen LogP contribution is -2.13. The summed E-state index contributed by atoms with van der Waals surface area (Å²) in [5, 5.41) is 10.7. The molecule has 1 aromatic carbocycles. The molecule has 0 saturated heterocycles. The Bertz CT molecular complexity index is 717. The molecule has 1 heterocycles. The Morgan fingerprint density at radius 2 is 2.16 bits per heavy atom. The van der Waals surface area contributed by atoms with Gasteiger partial charge in [0.15, 0.2) is 5.82 Å². The van der Waals surface area contributed by atoms with Crippen LogP contribution in [0.2, 0.25) is 0 Å². The molecule has 0 aliphatic carbocycles. The Kier molecular flexibility index (Phi) is 3.47. The van der Waals surface area contributed by atoms with E-state index in [1.165, 1.54) is 6.07 Å². The normalized spacial score (nSPS) is 11.2. The lowest BCUT2D eigenvalue weighted by molar-refractivity contribution is -0.384. The van der Waals surface area contributed by atoms with E-state index < -0.39 is 22.7 Å². The van der Waals surface area contributed by atoms with E-state index in [-0.39, 0.29) is 16.6 Å². The number of nitrogens with one attached hydrogen (secondary N) is 1. The number of alkyl halides is 2. The highest BCUT2D eigenvalue weighted by Gasteiger charge is 2.18. The topological polar surface area (TPSA) is 88.9 Å². The molecule has 0 atom stereocenters. The van der Waals surface area contributed by atoms with Crippen LogP contribution < -0.4 is 5.56 Å². The third-order valence-corrected chi connectivity index (χ3v) is 3.17. The van der Waals surface area contributed by atoms with E-state index in [0.717, 1.165) is 17.8 Å². The molecule has 0 fully saturated rings. The van der Waals surface area contributed by atoms with Crippen molar-refractivity contribution in [2.24, 2.45) is 0 Å². The van der Waals surface area contributed by atoms with E-state index in [2.05, 4.69) is 4.98 Å². The lowest BCUT2D eigenvalue weighted by atomic mass is 10.2. The number of halogens is 2. The molecule has 0 bridgehead atoms. The van der Waals surface area contributed by atoms with Gasteiger partial charge in [-0.2, -0.15) is 0 Å². The van der Waals surface area contributed by atoms with Gasteiger partial charge in [-0.1, -0.05) is 0 Å². The minimum Gasteiger partial charge on any atom is -0.305 e. The summed E-state index contributed by atoms with van der Waals surface area (Å²) in [6.07, 6.45) is -1.30. The first-order valence-corrected chi connectivity index (χ1v) is 6.21. The van der Waals surface area contributed by atoms with Crippen molar-refractivity contribution < 1.29 is 13.7 Å². The minimum atomic E-state index is -2.91. The zero-order chi connectivity index (χ0) is 14.2. The van der Waals surface area contributed by atoms with Gasteiger partial charge < -0.3 is 4.98 Å². The van der Waals surface area contributed by atoms with Gasteiger partial charge in [-0.05, 0) is 6.26 Å². The van der Waals surface area contributed by atoms with Gasteiger partial charge in [-0.25, -0.2) is 13.8 Å². The molecule has 0 saturated carbocycles. The van der Waals surface area contributed by atoms with E-state index >= 15 is 0 Å². The summed E-state index contributed by atoms with van der Waals surface area (Å²) < 4.78 is 25.1. The molecule has 19 heavy (non-hydrogen) atoms. The smallest absolute Gasteiger partial charge is 0.295 e. The molecule has 100 valence electrons. The van der Waals surface area contributed by atoms with Crippen molar-refractivity contribution in [2.75, 3.05) is 6.26 Å². The summed E-state index contributed by atoms with van der Waals surface area (Å²) in [4.78, 5) is 27.7. The molecule has 2 aromatic rings. The van der Waals surface area contributed by atoms with Crippen LogP contribution in [-0.2, 0) is 0 Å². The number of thioether (sulfide) groups is 1. The third-order valence-electron chi connectivity index (χ3n) is 2.42. The maximum absolute atomic E-state index is 12.6. The van der Waals surface area contributed by atoms with E-state index in [0.29, 0.717) is 4.90 Å². The van der Waals surface area contributed by atoms with Crippen molar-refractivity contribution in [1.29, 1.82) is 0 Å². The Balaban J connectivity index is 2.86. The lowest BCUT2D eigenvalue weighted by Gasteiger charge is -2.05. The summed E-state index contributed by atoms with van der Waals surface area (Å²) in [7, 11) is 0. The Hall–Kier alpha value is -2.03. The maximum Gasteiger partial charge on any atom is 0.295 e. The van der Waals surface area contributed by atoms with Crippen molar-refractivity contribution in [2.45, 2.75) is 11.3 Å². The van der Waals surface area contributed by atoms with Crippen LogP contribution in [0.15, 0.2) is 21.8 Å². The molecule has 2 rings (SSSR count). The van der Waals surface area contributed by atoms with Crippen LogP contribution in [0.4, 0.5) is 14.5 Å². The predicted octanol–water partition coefficient (Wildman–Crippen LogP) is 2.49. The van der Waals surface area contributed by atoms with Crippen LogP contribution in [0.1, 0.15) is 12.2 Å². The number of nitro benzene ring substituents is 1. The van der Waals surface area contributed by atoms with Gasteiger partial charge in [0.05, 0.1) is 15.8 Å². The van der Waals surface area contributed by atoms with Crippen LogP contribution in [0.3, 0.4) is 0 Å². The first kappa shape index (κ1) is 13.4. The fourth-order valence-electron chi connectivity index (χ4n) is 1.58. The molecule has 0 amide bonds. The predicted molar refractivity (Wildman–Crippen MR) is 65.8 cm³/mol. The van der Waals surface area contributed by atoms with E-state index in [4.69, 9.17) is 0 Å². The number of fused-ring (bicyclic) bond motifs is 1. The largest absolute Gasteiger partial charge is 0.305 e. The van der Waals surface area contributed by atoms with Crippen LogP contribution in [0.5, 0.6) is 0 Å². The van der Waals surface area contributed by atoms with Crippen molar-refractivity contribution in [1.82, 2.24) is 9.97 Å². The van der Waals surface area contributed by atoms with Gasteiger partial charge >= 0.3 is 0 Å². The average molecular weight is 287 g/mol. The number of hydrogen-bond acceptors (Lipinski definition) is 5. The Morgan fingerprint density at radius 3 is 2.68 bits per heavy atom. The van der Waals surface area contributed by atoms with Gasteiger partial charge in [0.25, 0.3) is 17.7 Å². The summed E-state index contributed by atoms with van der Waals surface area (Å²) in [5.74, 6) is -0.748. The van der Waals surface area contributed by atoms with Crippen molar-refractivity contribution in [3.63, 3.8) is 0 Å². The van der Waals surface area contributed by atoms with Crippen LogP contribution >= 0.6 is 11.8 Å². The molecule has 0 radical (unpaired) electrons. The molecule has 6 nitrogen and oxygen atoms in total. The average Bonchev–Trinajstić information content (AvgIpc) is 2.37. The number of benzene rings is 1. The summed E-state index contributed by atoms with van der Waals surface area (Å²) in [5.41, 5.74) is -1.06. The Morgan fingerprint density at radius 1 is 1.47 bits per heavy atom. The number of aromatic nitrogens is 2. The molecule has 1 aromatic heterocycles. The van der Waals surface area contributed by atoms with Gasteiger partial charge in [-0.15, -0.1) is 11.8 Å². The van der Waals surface area contributed by atoms with E-state index in [1.54, 1.807) is 6.26 Å². The standard InChI is InChI=1S/C10H7F2N3O3S/c1-19-6-3-4(15(17)18)2-5-7(6)13-9(8(11)12)14-10(5)16/h2-3,8H,1H3,(H,13,14,16). The number of aromatic amines is 1. The highest BCUT2D eigenvalue weighted by molar-refractivity contribution is 7.98. The first-order chi connectivity index (χ1) is 8.93. The molecule has 9 heteroatoms. The molecule has 0 aliphatic rings. The van der Waals surface area contributed by atoms with Crippen LogP contribution in [0, 0.1) is 10.1 Å². The highest BCUT2D eigenvalue weighted by Crippen LogP contribution is 2.29. The van der Waals surface area contributed by atoms with Crippen molar-refractivity contribution in [3.05, 3.63) is 38.4 Å². The van der Waals surface area contributed by atoms with Gasteiger partial charge in [0, 0.05) is 17.0 Å². The van der Waals surface area contributed by atoms with Crippen molar-refractivity contribution >= 4 is 28.4 Å².